The van der Waals surface area contributed by atoms with Crippen LogP contribution in [0.4, 0.5) is 0 Å². The van der Waals surface area contributed by atoms with E-state index in [1.54, 1.807) is 6.92 Å². The lowest BCUT2D eigenvalue weighted by Gasteiger charge is -2.11. The molecule has 0 spiro atoms. The van der Waals surface area contributed by atoms with Crippen LogP contribution in [0.2, 0.25) is 0 Å². The summed E-state index contributed by atoms with van der Waals surface area (Å²) in [5, 5.41) is 28.7. The third-order valence-electron chi connectivity index (χ3n) is 2.56. The van der Waals surface area contributed by atoms with Gasteiger partial charge in [-0.3, -0.25) is 0 Å². The fraction of sp³-hybridized carbons (Fsp3) is 0.0769. The van der Waals surface area contributed by atoms with Crippen molar-refractivity contribution < 1.29 is 15.3 Å². The summed E-state index contributed by atoms with van der Waals surface area (Å²) in [4.78, 5) is 0. The van der Waals surface area contributed by atoms with Crippen LogP contribution in [0.15, 0.2) is 36.4 Å². The maximum atomic E-state index is 9.78. The van der Waals surface area contributed by atoms with Crippen molar-refractivity contribution in [2.24, 2.45) is 0 Å². The first-order valence-electron chi connectivity index (χ1n) is 4.91. The Kier molecular flexibility index (Phi) is 2.44. The van der Waals surface area contributed by atoms with Gasteiger partial charge in [0.25, 0.3) is 0 Å². The number of hydrogen-bond acceptors (Lipinski definition) is 3. The highest BCUT2D eigenvalue weighted by Crippen LogP contribution is 2.42. The van der Waals surface area contributed by atoms with E-state index in [0.29, 0.717) is 11.1 Å². The maximum absolute atomic E-state index is 9.78. The SMILES string of the molecule is Cc1c(O)c(O)cc(O)c1-c1ccccc1. The highest BCUT2D eigenvalue weighted by Gasteiger charge is 2.14. The molecule has 0 amide bonds. The van der Waals surface area contributed by atoms with E-state index in [-0.39, 0.29) is 17.2 Å². The van der Waals surface area contributed by atoms with Gasteiger partial charge in [0.15, 0.2) is 11.5 Å². The van der Waals surface area contributed by atoms with E-state index in [9.17, 15) is 15.3 Å². The number of aromatic hydroxyl groups is 3. The molecule has 0 radical (unpaired) electrons. The minimum absolute atomic E-state index is 0.0426. The topological polar surface area (TPSA) is 60.7 Å². The molecule has 16 heavy (non-hydrogen) atoms. The predicted octanol–water partition coefficient (Wildman–Crippen LogP) is 2.78. The van der Waals surface area contributed by atoms with Crippen LogP contribution < -0.4 is 0 Å². The van der Waals surface area contributed by atoms with E-state index in [1.165, 1.54) is 0 Å². The molecule has 3 nitrogen and oxygen atoms in total. The first-order valence-corrected chi connectivity index (χ1v) is 4.91. The second-order valence-electron chi connectivity index (χ2n) is 3.63. The molecule has 0 aliphatic carbocycles. The first kappa shape index (κ1) is 10.4. The van der Waals surface area contributed by atoms with Crippen LogP contribution in [-0.2, 0) is 0 Å². The second kappa shape index (κ2) is 3.77. The average molecular weight is 216 g/mol. The summed E-state index contributed by atoms with van der Waals surface area (Å²) in [5.41, 5.74) is 1.80. The predicted molar refractivity (Wildman–Crippen MR) is 61.6 cm³/mol. The number of hydrogen-bond donors (Lipinski definition) is 3. The van der Waals surface area contributed by atoms with Gasteiger partial charge in [-0.1, -0.05) is 30.3 Å². The van der Waals surface area contributed by atoms with Crippen LogP contribution in [0.5, 0.6) is 17.2 Å². The highest BCUT2D eigenvalue weighted by atomic mass is 16.3. The van der Waals surface area contributed by atoms with Crippen molar-refractivity contribution >= 4 is 0 Å². The van der Waals surface area contributed by atoms with Gasteiger partial charge in [0.05, 0.1) is 0 Å². The Bertz CT molecular complexity index is 518. The normalized spacial score (nSPS) is 10.3. The molecule has 2 aromatic carbocycles. The molecule has 0 saturated carbocycles. The average Bonchev–Trinajstić information content (AvgIpc) is 2.28. The van der Waals surface area contributed by atoms with Gasteiger partial charge in [-0.2, -0.15) is 0 Å². The third kappa shape index (κ3) is 1.56. The summed E-state index contributed by atoms with van der Waals surface area (Å²) in [6, 6.07) is 10.4. The molecule has 3 N–H and O–H groups in total. The summed E-state index contributed by atoms with van der Waals surface area (Å²) in [6.45, 7) is 1.65. The standard InChI is InChI=1S/C13H12O3/c1-8-12(9-5-3-2-4-6-9)10(14)7-11(15)13(8)16/h2-7,14-16H,1H3. The fourth-order valence-corrected chi connectivity index (χ4v) is 1.74. The van der Waals surface area contributed by atoms with Gasteiger partial charge in [-0.05, 0) is 12.5 Å². The number of rotatable bonds is 1. The van der Waals surface area contributed by atoms with Crippen molar-refractivity contribution in [3.8, 4) is 28.4 Å². The summed E-state index contributed by atoms with van der Waals surface area (Å²) >= 11 is 0. The number of benzene rings is 2. The van der Waals surface area contributed by atoms with Crippen LogP contribution in [0.25, 0.3) is 11.1 Å². The Labute approximate surface area is 93.2 Å². The van der Waals surface area contributed by atoms with Crippen molar-refractivity contribution in [3.63, 3.8) is 0 Å². The maximum Gasteiger partial charge on any atom is 0.161 e. The molecule has 0 aromatic heterocycles. The smallest absolute Gasteiger partial charge is 0.161 e. The zero-order valence-corrected chi connectivity index (χ0v) is 8.81. The van der Waals surface area contributed by atoms with Gasteiger partial charge in [-0.15, -0.1) is 0 Å². The molecule has 2 rings (SSSR count). The zero-order valence-electron chi connectivity index (χ0n) is 8.81. The number of phenolic OH excluding ortho intramolecular Hbond substituents is 3. The molecular formula is C13H12O3. The molecule has 0 heterocycles. The molecule has 3 heteroatoms. The van der Waals surface area contributed by atoms with Gasteiger partial charge in [-0.25, -0.2) is 0 Å². The van der Waals surface area contributed by atoms with E-state index in [0.717, 1.165) is 11.6 Å². The minimum atomic E-state index is -0.310. The molecule has 0 unspecified atom stereocenters. The molecular weight excluding hydrogens is 204 g/mol. The monoisotopic (exact) mass is 216 g/mol. The quantitative estimate of drug-likeness (QED) is 0.507. The van der Waals surface area contributed by atoms with Crippen LogP contribution in [0.1, 0.15) is 5.56 Å². The van der Waals surface area contributed by atoms with Crippen molar-refractivity contribution in [3.05, 3.63) is 42.0 Å². The summed E-state index contributed by atoms with van der Waals surface area (Å²) in [6.07, 6.45) is 0. The van der Waals surface area contributed by atoms with E-state index in [1.807, 2.05) is 30.3 Å². The lowest BCUT2D eigenvalue weighted by atomic mass is 9.98. The van der Waals surface area contributed by atoms with Crippen molar-refractivity contribution in [2.75, 3.05) is 0 Å². The van der Waals surface area contributed by atoms with Gasteiger partial charge < -0.3 is 15.3 Å². The molecule has 0 atom stereocenters. The fourth-order valence-electron chi connectivity index (χ4n) is 1.74. The zero-order chi connectivity index (χ0) is 11.7. The van der Waals surface area contributed by atoms with Crippen molar-refractivity contribution in [2.45, 2.75) is 6.92 Å². The summed E-state index contributed by atoms with van der Waals surface area (Å²) in [7, 11) is 0. The molecule has 0 aliphatic rings. The van der Waals surface area contributed by atoms with Crippen LogP contribution >= 0.6 is 0 Å². The van der Waals surface area contributed by atoms with Crippen LogP contribution in [0, 0.1) is 6.92 Å². The minimum Gasteiger partial charge on any atom is -0.507 e. The Morgan fingerprint density at radius 2 is 1.50 bits per heavy atom. The first-order chi connectivity index (χ1) is 7.61. The van der Waals surface area contributed by atoms with E-state index >= 15 is 0 Å². The Balaban J connectivity index is 2.71. The highest BCUT2D eigenvalue weighted by molar-refractivity contribution is 5.77. The van der Waals surface area contributed by atoms with Gasteiger partial charge in [0.2, 0.25) is 0 Å². The second-order valence-corrected chi connectivity index (χ2v) is 3.63. The van der Waals surface area contributed by atoms with Crippen molar-refractivity contribution in [1.29, 1.82) is 0 Å². The molecule has 2 aromatic rings. The van der Waals surface area contributed by atoms with Gasteiger partial charge in [0.1, 0.15) is 5.75 Å². The Morgan fingerprint density at radius 3 is 2.12 bits per heavy atom. The van der Waals surface area contributed by atoms with Gasteiger partial charge >= 0.3 is 0 Å². The molecule has 0 bridgehead atoms. The van der Waals surface area contributed by atoms with E-state index in [4.69, 9.17) is 0 Å². The molecule has 0 saturated heterocycles. The van der Waals surface area contributed by atoms with E-state index < -0.39 is 0 Å². The molecule has 0 fully saturated rings. The lowest BCUT2D eigenvalue weighted by molar-refractivity contribution is 0.394. The third-order valence-corrected chi connectivity index (χ3v) is 2.56. The molecule has 0 aliphatic heterocycles. The summed E-state index contributed by atoms with van der Waals surface area (Å²) < 4.78 is 0. The van der Waals surface area contributed by atoms with Crippen molar-refractivity contribution in [1.82, 2.24) is 0 Å². The molecule has 82 valence electrons. The van der Waals surface area contributed by atoms with E-state index in [2.05, 4.69) is 0 Å². The van der Waals surface area contributed by atoms with Gasteiger partial charge in [0, 0.05) is 17.2 Å². The summed E-state index contributed by atoms with van der Waals surface area (Å²) in [5.74, 6) is -0.551. The Morgan fingerprint density at radius 1 is 0.875 bits per heavy atom. The lowest BCUT2D eigenvalue weighted by Crippen LogP contribution is -1.86. The largest absolute Gasteiger partial charge is 0.507 e. The Hall–Kier alpha value is -2.16. The van der Waals surface area contributed by atoms with Crippen LogP contribution in [0.3, 0.4) is 0 Å². The van der Waals surface area contributed by atoms with Crippen LogP contribution in [-0.4, -0.2) is 15.3 Å². The number of phenols is 3.